The molecular formula is C13H15N3. The summed E-state index contributed by atoms with van der Waals surface area (Å²) in [6, 6.07) is 10.3. The summed E-state index contributed by atoms with van der Waals surface area (Å²) in [4.78, 5) is 8.08. The van der Waals surface area contributed by atoms with Crippen LogP contribution in [-0.2, 0) is 0 Å². The lowest BCUT2D eigenvalue weighted by Gasteiger charge is -2.25. The normalized spacial score (nSPS) is 16.1. The highest BCUT2D eigenvalue weighted by atomic mass is 15.0. The molecule has 82 valence electrons. The average molecular weight is 213 g/mol. The molecule has 1 fully saturated rings. The van der Waals surface area contributed by atoms with Crippen molar-refractivity contribution in [3.8, 4) is 11.4 Å². The van der Waals surface area contributed by atoms with Crippen LogP contribution < -0.4 is 5.32 Å². The van der Waals surface area contributed by atoms with Gasteiger partial charge in [0.15, 0.2) is 0 Å². The molecule has 3 rings (SSSR count). The predicted molar refractivity (Wildman–Crippen MR) is 64.4 cm³/mol. The first-order valence-electron chi connectivity index (χ1n) is 5.67. The van der Waals surface area contributed by atoms with Crippen molar-refractivity contribution in [2.75, 3.05) is 13.1 Å². The van der Waals surface area contributed by atoms with Gasteiger partial charge in [-0.2, -0.15) is 0 Å². The van der Waals surface area contributed by atoms with Crippen molar-refractivity contribution in [1.82, 2.24) is 15.3 Å². The number of hydrogen-bond acceptors (Lipinski definition) is 2. The topological polar surface area (TPSA) is 40.7 Å². The summed E-state index contributed by atoms with van der Waals surface area (Å²) in [5.41, 5.74) is 3.58. The van der Waals surface area contributed by atoms with Crippen molar-refractivity contribution < 1.29 is 0 Å². The number of rotatable bonds is 2. The Morgan fingerprint density at radius 2 is 1.94 bits per heavy atom. The summed E-state index contributed by atoms with van der Waals surface area (Å²) in [7, 11) is 0. The maximum atomic E-state index is 4.71. The van der Waals surface area contributed by atoms with E-state index in [1.165, 1.54) is 11.4 Å². The van der Waals surface area contributed by atoms with Crippen molar-refractivity contribution >= 4 is 0 Å². The highest BCUT2D eigenvalue weighted by molar-refractivity contribution is 5.55. The minimum Gasteiger partial charge on any atom is -0.342 e. The zero-order valence-corrected chi connectivity index (χ0v) is 9.33. The fraction of sp³-hybridized carbons (Fsp3) is 0.308. The molecule has 1 aromatic carbocycles. The molecule has 2 aromatic rings. The summed E-state index contributed by atoms with van der Waals surface area (Å²) in [6.07, 6.45) is 0. The number of aryl methyl sites for hydroxylation is 1. The van der Waals surface area contributed by atoms with E-state index >= 15 is 0 Å². The monoisotopic (exact) mass is 213 g/mol. The van der Waals surface area contributed by atoms with E-state index in [1.807, 2.05) is 18.2 Å². The Hall–Kier alpha value is -1.61. The third-order valence-corrected chi connectivity index (χ3v) is 3.14. The van der Waals surface area contributed by atoms with Gasteiger partial charge in [0.05, 0.1) is 5.69 Å². The Kier molecular flexibility index (Phi) is 2.26. The van der Waals surface area contributed by atoms with Crippen molar-refractivity contribution in [3.05, 3.63) is 41.7 Å². The third kappa shape index (κ3) is 1.53. The predicted octanol–water partition coefficient (Wildman–Crippen LogP) is 2.07. The molecule has 3 nitrogen and oxygen atoms in total. The number of aromatic amines is 1. The molecule has 2 N–H and O–H groups in total. The summed E-state index contributed by atoms with van der Waals surface area (Å²) >= 11 is 0. The first kappa shape index (κ1) is 9.60. The van der Waals surface area contributed by atoms with Crippen LogP contribution in [0.3, 0.4) is 0 Å². The molecular weight excluding hydrogens is 198 g/mol. The van der Waals surface area contributed by atoms with Crippen LogP contribution in [0, 0.1) is 6.92 Å². The molecule has 16 heavy (non-hydrogen) atoms. The molecule has 1 saturated heterocycles. The van der Waals surface area contributed by atoms with Crippen LogP contribution in [0.1, 0.15) is 17.3 Å². The summed E-state index contributed by atoms with van der Waals surface area (Å²) < 4.78 is 0. The van der Waals surface area contributed by atoms with Gasteiger partial charge >= 0.3 is 0 Å². The van der Waals surface area contributed by atoms with Crippen LogP contribution in [0.4, 0.5) is 0 Å². The number of benzene rings is 1. The second kappa shape index (κ2) is 3.76. The van der Waals surface area contributed by atoms with Gasteiger partial charge < -0.3 is 10.3 Å². The lowest BCUT2D eigenvalue weighted by molar-refractivity contribution is 0.439. The van der Waals surface area contributed by atoms with Crippen molar-refractivity contribution in [3.63, 3.8) is 0 Å². The van der Waals surface area contributed by atoms with Gasteiger partial charge in [0.25, 0.3) is 0 Å². The van der Waals surface area contributed by atoms with E-state index in [2.05, 4.69) is 29.4 Å². The Balaban J connectivity index is 1.97. The van der Waals surface area contributed by atoms with Gasteiger partial charge in [0.1, 0.15) is 5.82 Å². The molecule has 0 aliphatic carbocycles. The van der Waals surface area contributed by atoms with Crippen LogP contribution in [0.2, 0.25) is 0 Å². The first-order chi connectivity index (χ1) is 7.84. The summed E-state index contributed by atoms with van der Waals surface area (Å²) in [6.45, 7) is 4.22. The van der Waals surface area contributed by atoms with E-state index in [0.717, 1.165) is 24.5 Å². The molecule has 1 aliphatic rings. The number of nitrogens with one attached hydrogen (secondary N) is 2. The number of aromatic nitrogens is 2. The van der Waals surface area contributed by atoms with Crippen LogP contribution >= 0.6 is 0 Å². The molecule has 3 heteroatoms. The second-order valence-corrected chi connectivity index (χ2v) is 4.32. The van der Waals surface area contributed by atoms with Gasteiger partial charge in [-0.15, -0.1) is 0 Å². The van der Waals surface area contributed by atoms with E-state index in [1.54, 1.807) is 0 Å². The molecule has 0 spiro atoms. The van der Waals surface area contributed by atoms with E-state index < -0.39 is 0 Å². The maximum absolute atomic E-state index is 4.71. The Bertz CT molecular complexity index is 483. The minimum absolute atomic E-state index is 0.591. The second-order valence-electron chi connectivity index (χ2n) is 4.32. The van der Waals surface area contributed by atoms with Crippen LogP contribution in [0.25, 0.3) is 11.4 Å². The number of hydrogen-bond donors (Lipinski definition) is 2. The molecule has 1 aliphatic heterocycles. The molecule has 0 bridgehead atoms. The third-order valence-electron chi connectivity index (χ3n) is 3.14. The van der Waals surface area contributed by atoms with Crippen LogP contribution in [0.15, 0.2) is 30.3 Å². The number of imidazole rings is 1. The fourth-order valence-corrected chi connectivity index (χ4v) is 2.09. The van der Waals surface area contributed by atoms with Gasteiger partial charge in [-0.1, -0.05) is 30.3 Å². The lowest BCUT2D eigenvalue weighted by Crippen LogP contribution is -2.40. The molecule has 0 amide bonds. The Morgan fingerprint density at radius 1 is 1.19 bits per heavy atom. The molecule has 1 aromatic heterocycles. The van der Waals surface area contributed by atoms with Gasteiger partial charge in [0.2, 0.25) is 0 Å². The zero-order valence-electron chi connectivity index (χ0n) is 9.33. The first-order valence-corrected chi connectivity index (χ1v) is 5.67. The van der Waals surface area contributed by atoms with Crippen molar-refractivity contribution in [2.45, 2.75) is 12.8 Å². The highest BCUT2D eigenvalue weighted by Crippen LogP contribution is 2.25. The molecule has 2 heterocycles. The summed E-state index contributed by atoms with van der Waals surface area (Å²) in [5, 5.41) is 3.28. The van der Waals surface area contributed by atoms with Crippen LogP contribution in [0.5, 0.6) is 0 Å². The average Bonchev–Trinajstić information content (AvgIpc) is 2.60. The van der Waals surface area contributed by atoms with Crippen LogP contribution in [-0.4, -0.2) is 23.1 Å². The largest absolute Gasteiger partial charge is 0.342 e. The minimum atomic E-state index is 0.591. The van der Waals surface area contributed by atoms with E-state index in [-0.39, 0.29) is 0 Å². The van der Waals surface area contributed by atoms with E-state index in [4.69, 9.17) is 4.98 Å². The zero-order chi connectivity index (χ0) is 11.0. The Labute approximate surface area is 94.9 Å². The smallest absolute Gasteiger partial charge is 0.137 e. The molecule has 0 atom stereocenters. The van der Waals surface area contributed by atoms with Gasteiger partial charge in [0, 0.05) is 30.3 Å². The van der Waals surface area contributed by atoms with Gasteiger partial charge in [-0.05, 0) is 6.92 Å². The molecule has 0 saturated carbocycles. The molecule has 0 radical (unpaired) electrons. The SMILES string of the molecule is Cc1[nH]c(-c2ccccc2)nc1C1CNC1. The highest BCUT2D eigenvalue weighted by Gasteiger charge is 2.23. The quantitative estimate of drug-likeness (QED) is 0.801. The lowest BCUT2D eigenvalue weighted by atomic mass is 9.98. The van der Waals surface area contributed by atoms with E-state index in [0.29, 0.717) is 5.92 Å². The standard InChI is InChI=1S/C13H15N3/c1-9-12(11-7-14-8-11)16-13(15-9)10-5-3-2-4-6-10/h2-6,11,14H,7-8H2,1H3,(H,15,16). The van der Waals surface area contributed by atoms with Gasteiger partial charge in [-0.3, -0.25) is 0 Å². The Morgan fingerprint density at radius 3 is 2.56 bits per heavy atom. The van der Waals surface area contributed by atoms with Gasteiger partial charge in [-0.25, -0.2) is 4.98 Å². The summed E-state index contributed by atoms with van der Waals surface area (Å²) in [5.74, 6) is 1.58. The van der Waals surface area contributed by atoms with Crippen molar-refractivity contribution in [2.24, 2.45) is 0 Å². The van der Waals surface area contributed by atoms with E-state index in [9.17, 15) is 0 Å². The fourth-order valence-electron chi connectivity index (χ4n) is 2.09. The van der Waals surface area contributed by atoms with Crippen molar-refractivity contribution in [1.29, 1.82) is 0 Å². The molecule has 0 unspecified atom stereocenters. The number of nitrogens with zero attached hydrogens (tertiary/aromatic N) is 1. The number of H-pyrrole nitrogens is 1. The maximum Gasteiger partial charge on any atom is 0.137 e.